The first-order valence-electron chi connectivity index (χ1n) is 19.4. The summed E-state index contributed by atoms with van der Waals surface area (Å²) in [6, 6.07) is 11.0. The molecule has 3 fully saturated rings. The molecule has 2 aromatic heterocycles. The van der Waals surface area contributed by atoms with Gasteiger partial charge in [-0.2, -0.15) is 13.2 Å². The molecule has 4 heterocycles. The molecule has 1 saturated heterocycles. The van der Waals surface area contributed by atoms with Crippen molar-refractivity contribution in [1.82, 2.24) is 25.2 Å². The van der Waals surface area contributed by atoms with E-state index < -0.39 is 80.3 Å². The Labute approximate surface area is 331 Å². The zero-order valence-electron chi connectivity index (χ0n) is 31.5. The lowest BCUT2D eigenvalue weighted by Gasteiger charge is -2.29. The summed E-state index contributed by atoms with van der Waals surface area (Å²) in [6.45, 7) is 1.18. The van der Waals surface area contributed by atoms with Gasteiger partial charge in [0, 0.05) is 36.3 Å². The van der Waals surface area contributed by atoms with Gasteiger partial charge in [0.2, 0.25) is 27.7 Å². The number of sulfonamides is 1. The van der Waals surface area contributed by atoms with Crippen LogP contribution in [0, 0.1) is 5.92 Å². The molecule has 4 aliphatic rings. The second-order valence-corrected chi connectivity index (χ2v) is 17.6. The number of hydrogen-bond donors (Lipinski definition) is 3. The van der Waals surface area contributed by atoms with Crippen molar-refractivity contribution < 1.29 is 49.9 Å². The molecule has 4 aromatic rings. The van der Waals surface area contributed by atoms with Crippen LogP contribution in [0.4, 0.5) is 13.2 Å². The lowest BCUT2D eigenvalue weighted by Crippen LogP contribution is -2.58. The van der Waals surface area contributed by atoms with Crippen LogP contribution in [-0.2, 0) is 35.4 Å². The fourth-order valence-corrected chi connectivity index (χ4v) is 9.35. The summed E-state index contributed by atoms with van der Waals surface area (Å²) in [6.07, 6.45) is 2.40. The molecule has 2 saturated carbocycles. The van der Waals surface area contributed by atoms with Crippen LogP contribution in [0.2, 0.25) is 0 Å². The largest absolute Gasteiger partial charge is 0.484 e. The average molecular weight is 822 g/mol. The lowest BCUT2D eigenvalue weighted by molar-refractivity contribution is -0.142. The Bertz CT molecular complexity index is 2430. The maximum Gasteiger partial charge on any atom is 0.416 e. The van der Waals surface area contributed by atoms with Gasteiger partial charge in [-0.3, -0.25) is 23.9 Å². The predicted octanol–water partition coefficient (Wildman–Crippen LogP) is 5.52. The molecule has 5 atom stereocenters. The predicted molar refractivity (Wildman–Crippen MR) is 205 cm³/mol. The highest BCUT2D eigenvalue weighted by atomic mass is 32.2. The monoisotopic (exact) mass is 821 g/mol. The van der Waals surface area contributed by atoms with Gasteiger partial charge in [0.15, 0.2) is 11.3 Å². The molecule has 2 aromatic carbocycles. The lowest BCUT2D eigenvalue weighted by atomic mass is 10.0. The first-order chi connectivity index (χ1) is 27.6. The van der Waals surface area contributed by atoms with Gasteiger partial charge in [-0.25, -0.2) is 13.4 Å². The van der Waals surface area contributed by atoms with Crippen molar-refractivity contribution in [3.8, 4) is 17.0 Å². The molecular formula is C41H42F3N5O8S. The second kappa shape index (κ2) is 15.1. The van der Waals surface area contributed by atoms with Gasteiger partial charge in [0.05, 0.1) is 23.1 Å². The Hall–Kier alpha value is -5.45. The van der Waals surface area contributed by atoms with Gasteiger partial charge < -0.3 is 24.7 Å². The van der Waals surface area contributed by atoms with Crippen molar-refractivity contribution in [2.45, 2.75) is 99.9 Å². The maximum absolute atomic E-state index is 14.4. The van der Waals surface area contributed by atoms with E-state index in [2.05, 4.69) is 15.4 Å². The molecule has 0 spiro atoms. The van der Waals surface area contributed by atoms with E-state index in [-0.39, 0.29) is 36.4 Å². The zero-order chi connectivity index (χ0) is 41.0. The zero-order valence-corrected chi connectivity index (χ0v) is 32.3. The minimum atomic E-state index is -4.54. The van der Waals surface area contributed by atoms with Gasteiger partial charge in [-0.15, -0.1) is 0 Å². The Balaban J connectivity index is 1.14. The van der Waals surface area contributed by atoms with E-state index >= 15 is 0 Å². The van der Waals surface area contributed by atoms with Crippen LogP contribution < -0.4 is 20.1 Å². The van der Waals surface area contributed by atoms with E-state index in [0.29, 0.717) is 54.2 Å². The average Bonchev–Trinajstić information content (AvgIpc) is 4.08. The summed E-state index contributed by atoms with van der Waals surface area (Å²) < 4.78 is 80.9. The molecule has 2 aliphatic carbocycles. The first-order valence-corrected chi connectivity index (χ1v) is 21.0. The summed E-state index contributed by atoms with van der Waals surface area (Å²) >= 11 is 0. The van der Waals surface area contributed by atoms with Crippen LogP contribution in [0.1, 0.15) is 70.3 Å². The van der Waals surface area contributed by atoms with Gasteiger partial charge in [0.1, 0.15) is 34.8 Å². The summed E-state index contributed by atoms with van der Waals surface area (Å²) in [5, 5.41) is 5.53. The molecule has 8 rings (SSSR count). The Kier molecular flexibility index (Phi) is 10.2. The van der Waals surface area contributed by atoms with Crippen LogP contribution in [-0.4, -0.2) is 77.5 Å². The standard InChI is InChI=1S/C41H42F3N5O8S/c1-23(50)45-30-11-6-4-2-3-5-9-26-21-40(26,39(53)48-58(54,55)28-17-18-28)47-37(51)32-19-27(22-49(32)38(30)52)56-34-20-31(24-13-15-25(16-14-24)41(42,43)44)46-35-29-10-7-8-12-33(29)57-36(34)35/h5,7-10,12-16,20,26-28,30,32H,2-4,6,11,17-19,21-22H2,1H3,(H,45,50)(H,47,51)(H,48,53)/b9-5-/t26-,27+,30-,32-,40+/m0/s1. The van der Waals surface area contributed by atoms with Crippen molar-refractivity contribution in [2.75, 3.05) is 6.54 Å². The molecular weight excluding hydrogens is 780 g/mol. The van der Waals surface area contributed by atoms with Crippen LogP contribution in [0.3, 0.4) is 0 Å². The number of rotatable bonds is 7. The number of amides is 4. The van der Waals surface area contributed by atoms with Crippen LogP contribution in [0.5, 0.6) is 5.75 Å². The number of fused-ring (bicyclic) bond motifs is 5. The number of allylic oxidation sites excluding steroid dienone is 1. The second-order valence-electron chi connectivity index (χ2n) is 15.6. The molecule has 0 unspecified atom stereocenters. The number of carbonyl (C=O) groups is 4. The highest BCUT2D eigenvalue weighted by Crippen LogP contribution is 2.46. The molecule has 306 valence electrons. The van der Waals surface area contributed by atoms with Gasteiger partial charge in [0.25, 0.3) is 5.91 Å². The van der Waals surface area contributed by atoms with Crippen LogP contribution >= 0.6 is 0 Å². The molecule has 17 heteroatoms. The number of alkyl halides is 3. The number of ether oxygens (including phenoxy) is 1. The third-order valence-corrected chi connectivity index (χ3v) is 13.1. The smallest absolute Gasteiger partial charge is 0.416 e. The van der Waals surface area contributed by atoms with Gasteiger partial charge >= 0.3 is 6.18 Å². The van der Waals surface area contributed by atoms with Crippen molar-refractivity contribution in [2.24, 2.45) is 5.92 Å². The molecule has 3 N–H and O–H groups in total. The topological polar surface area (TPSA) is 177 Å². The summed E-state index contributed by atoms with van der Waals surface area (Å²) in [4.78, 5) is 60.9. The van der Waals surface area contributed by atoms with Crippen molar-refractivity contribution in [1.29, 1.82) is 0 Å². The SMILES string of the molecule is CC(=O)N[C@H]1CCCCC/C=C\[C@H]2C[C@@]2(C(=O)NS(=O)(=O)C2CC2)NC(=O)[C@@H]2C[C@@H](Oc3cc(-c4ccc(C(F)(F)F)cc4)nc4c3oc3ccccc34)CN2C1=O. The highest BCUT2D eigenvalue weighted by Gasteiger charge is 2.62. The molecule has 0 radical (unpaired) electrons. The summed E-state index contributed by atoms with van der Waals surface area (Å²) in [5.41, 5.74) is -0.622. The maximum atomic E-state index is 14.4. The Morgan fingerprint density at radius 1 is 1.03 bits per heavy atom. The normalized spacial score (nSPS) is 26.2. The number of carbonyl (C=O) groups excluding carboxylic acids is 4. The quantitative estimate of drug-likeness (QED) is 0.203. The van der Waals surface area contributed by atoms with E-state index in [0.717, 1.165) is 25.0 Å². The summed E-state index contributed by atoms with van der Waals surface area (Å²) in [5.74, 6) is -2.80. The number of hydrogen-bond acceptors (Lipinski definition) is 9. The third-order valence-electron chi connectivity index (χ3n) is 11.3. The summed E-state index contributed by atoms with van der Waals surface area (Å²) in [7, 11) is -3.94. The molecule has 2 aliphatic heterocycles. The first kappa shape index (κ1) is 39.4. The number of furan rings is 1. The fourth-order valence-electron chi connectivity index (χ4n) is 7.99. The number of halogens is 3. The molecule has 58 heavy (non-hydrogen) atoms. The fraction of sp³-hybridized carbons (Fsp3) is 0.439. The van der Waals surface area contributed by atoms with E-state index in [9.17, 15) is 40.8 Å². The van der Waals surface area contributed by atoms with Crippen molar-refractivity contribution in [3.63, 3.8) is 0 Å². The number of pyridine rings is 1. The van der Waals surface area contributed by atoms with E-state index in [1.54, 1.807) is 24.3 Å². The number of nitrogens with one attached hydrogen (secondary N) is 3. The van der Waals surface area contributed by atoms with Crippen LogP contribution in [0.15, 0.2) is 71.2 Å². The van der Waals surface area contributed by atoms with Gasteiger partial charge in [-0.05, 0) is 62.8 Å². The van der Waals surface area contributed by atoms with Crippen LogP contribution in [0.25, 0.3) is 33.3 Å². The van der Waals surface area contributed by atoms with Crippen molar-refractivity contribution in [3.05, 3.63) is 72.3 Å². The molecule has 13 nitrogen and oxygen atoms in total. The number of benzene rings is 2. The van der Waals surface area contributed by atoms with Crippen molar-refractivity contribution >= 4 is 55.7 Å². The minimum Gasteiger partial charge on any atom is -0.484 e. The number of aromatic nitrogens is 1. The molecule has 0 bridgehead atoms. The Morgan fingerprint density at radius 2 is 1.79 bits per heavy atom. The highest BCUT2D eigenvalue weighted by molar-refractivity contribution is 7.91. The van der Waals surface area contributed by atoms with E-state index in [1.807, 2.05) is 12.2 Å². The minimum absolute atomic E-state index is 0.0669. The molecule has 4 amide bonds. The number of para-hydroxylation sites is 1. The third kappa shape index (κ3) is 7.87. The van der Waals surface area contributed by atoms with E-state index in [4.69, 9.17) is 14.1 Å². The van der Waals surface area contributed by atoms with Gasteiger partial charge in [-0.1, -0.05) is 49.3 Å². The van der Waals surface area contributed by atoms with E-state index in [1.165, 1.54) is 30.0 Å². The number of nitrogens with zero attached hydrogens (tertiary/aromatic N) is 2. The Morgan fingerprint density at radius 3 is 2.52 bits per heavy atom.